The summed E-state index contributed by atoms with van der Waals surface area (Å²) in [6, 6.07) is 76.1. The summed E-state index contributed by atoms with van der Waals surface area (Å²) in [6.07, 6.45) is 11.9. The highest BCUT2D eigenvalue weighted by Gasteiger charge is 2.27. The lowest BCUT2D eigenvalue weighted by Gasteiger charge is -2.12. The van der Waals surface area contributed by atoms with Crippen molar-refractivity contribution in [2.75, 3.05) is 0 Å². The molecule has 0 atom stereocenters. The van der Waals surface area contributed by atoms with Gasteiger partial charge in [-0.3, -0.25) is 4.98 Å². The first kappa shape index (κ1) is 68.9. The minimum Gasteiger partial charge on any atom is -0.454 e. The molecule has 0 fully saturated rings. The Morgan fingerprint density at radius 1 is 0.321 bits per heavy atom. The van der Waals surface area contributed by atoms with Gasteiger partial charge < -0.3 is 22.7 Å². The van der Waals surface area contributed by atoms with E-state index >= 15 is 0 Å². The number of hydrogen-bond donors (Lipinski definition) is 0. The number of aryl methyl sites for hydroxylation is 11. The maximum Gasteiger partial charge on any atom is 0.213 e. The molecule has 18 rings (SSSR count). The summed E-state index contributed by atoms with van der Waals surface area (Å²) in [5.41, 5.74) is 33.3. The van der Waals surface area contributed by atoms with E-state index in [1.807, 2.05) is 30.5 Å². The molecule has 8 aromatic carbocycles. The van der Waals surface area contributed by atoms with Crippen molar-refractivity contribution in [3.05, 3.63) is 295 Å². The Bertz CT molecular complexity index is 6340. The summed E-state index contributed by atoms with van der Waals surface area (Å²) in [7, 11) is 16.7. The van der Waals surface area contributed by atoms with Crippen LogP contribution in [-0.2, 0) is 56.4 Å². The molecule has 0 aliphatic heterocycles. The van der Waals surface area contributed by atoms with Crippen molar-refractivity contribution in [3.8, 4) is 90.6 Å². The fourth-order valence-electron chi connectivity index (χ4n) is 15.3. The first-order valence-corrected chi connectivity index (χ1v) is 35.9. The smallest absolute Gasteiger partial charge is 0.213 e. The van der Waals surface area contributed by atoms with Gasteiger partial charge in [0.1, 0.15) is 57.1 Å². The van der Waals surface area contributed by atoms with Gasteiger partial charge in [-0.05, 0) is 184 Å². The fraction of sp³-hybridized carbons (Fsp3) is 0.163. The Labute approximate surface area is 618 Å². The number of fused-ring (bicyclic) bond motifs is 7. The van der Waals surface area contributed by atoms with Crippen LogP contribution in [0.5, 0.6) is 0 Å². The van der Waals surface area contributed by atoms with E-state index < -0.39 is 0 Å². The highest BCUT2D eigenvalue weighted by molar-refractivity contribution is 6.14. The molecule has 0 aliphatic carbocycles. The topological polar surface area (TPSA) is 113 Å². The van der Waals surface area contributed by atoms with Crippen LogP contribution in [0.25, 0.3) is 157 Å². The monoisotopic (exact) mass is 1390 g/mol. The van der Waals surface area contributed by atoms with E-state index in [4.69, 9.17) is 24.4 Å². The Hall–Kier alpha value is -12.8. The van der Waals surface area contributed by atoms with Gasteiger partial charge in [-0.1, -0.05) is 72.8 Å². The van der Waals surface area contributed by atoms with Crippen LogP contribution in [0.3, 0.4) is 0 Å². The van der Waals surface area contributed by atoms with Gasteiger partial charge in [0, 0.05) is 133 Å². The van der Waals surface area contributed by atoms with Gasteiger partial charge in [0.2, 0.25) is 22.8 Å². The maximum atomic E-state index is 6.28. The zero-order valence-electron chi connectivity index (χ0n) is 63.0. The van der Waals surface area contributed by atoms with Crippen molar-refractivity contribution < 1.29 is 22.7 Å². The third-order valence-corrected chi connectivity index (χ3v) is 21.0. The Kier molecular flexibility index (Phi) is 18.5. The molecule has 0 N–H and O–H groups in total. The third-order valence-electron chi connectivity index (χ3n) is 21.0. The molecule has 0 saturated heterocycles. The van der Waals surface area contributed by atoms with Crippen LogP contribution in [-0.4, -0.2) is 43.2 Å². The molecule has 522 valence electrons. The lowest BCUT2D eigenvalue weighted by atomic mass is 9.93. The minimum atomic E-state index is 0.791. The Balaban J connectivity index is 0.000000114. The van der Waals surface area contributed by atoms with Gasteiger partial charge in [-0.15, -0.1) is 0 Å². The summed E-state index contributed by atoms with van der Waals surface area (Å²) < 4.78 is 23.6. The van der Waals surface area contributed by atoms with E-state index in [1.54, 1.807) is 6.20 Å². The van der Waals surface area contributed by atoms with Gasteiger partial charge in [-0.2, -0.15) is 0 Å². The highest BCUT2D eigenvalue weighted by atomic mass is 16.3. The number of hydrogen-bond acceptors (Lipinski definition) is 6. The number of nitrogens with zero attached hydrogens (tertiary/aromatic N) is 13. The van der Waals surface area contributed by atoms with Crippen molar-refractivity contribution in [1.82, 2.24) is 43.2 Å². The summed E-state index contributed by atoms with van der Waals surface area (Å²) in [6.45, 7) is 15.1. The van der Waals surface area contributed by atoms with Gasteiger partial charge >= 0.3 is 0 Å². The SMILES string of the molecule is Cc1c(-c2nc3cccc(C)c3n2C)cccc1-c1cccc[n+]1C.Cc1c(-c2nc3ccccc3n2C)cc2oc3cnccc3c2c1-c1cccc[n+]1C.Cc1ccc2c(c1)nc(-c1cccc(-c3cccc[n+]3C)c1C)n2C.Cc1ccc2nc(-c3cccc(-c4cccc[n+]4C)c3C)n(C)c2c1. The number of imidazole rings is 4. The van der Waals surface area contributed by atoms with Crippen molar-refractivity contribution in [3.63, 3.8) is 0 Å². The summed E-state index contributed by atoms with van der Waals surface area (Å²) in [5.74, 6) is 3.97. The summed E-state index contributed by atoms with van der Waals surface area (Å²) in [5, 5.41) is 2.18. The molecular weight excluding hydrogens is 1300 g/mol. The number of para-hydroxylation sites is 3. The second kappa shape index (κ2) is 28.4. The number of pyridine rings is 5. The lowest BCUT2D eigenvalue weighted by molar-refractivity contribution is -0.660. The molecule has 10 aromatic heterocycles. The third kappa shape index (κ3) is 12.5. The quantitative estimate of drug-likeness (QED) is 0.140. The molecule has 0 unspecified atom stereocenters. The second-order valence-corrected chi connectivity index (χ2v) is 27.9. The van der Waals surface area contributed by atoms with Gasteiger partial charge in [0.05, 0.1) is 55.9 Å². The Morgan fingerprint density at radius 2 is 0.745 bits per heavy atom. The van der Waals surface area contributed by atoms with Crippen LogP contribution in [0.1, 0.15) is 38.9 Å². The molecule has 14 nitrogen and oxygen atoms in total. The van der Waals surface area contributed by atoms with Crippen LogP contribution in [0.4, 0.5) is 0 Å². The van der Waals surface area contributed by atoms with Gasteiger partial charge in [0.15, 0.2) is 30.4 Å². The van der Waals surface area contributed by atoms with Crippen molar-refractivity contribution in [1.29, 1.82) is 0 Å². The molecule has 0 aliphatic rings. The van der Waals surface area contributed by atoms with Crippen LogP contribution >= 0.6 is 0 Å². The predicted molar refractivity (Wildman–Crippen MR) is 429 cm³/mol. The summed E-state index contributed by atoms with van der Waals surface area (Å²) in [4.78, 5) is 24.0. The summed E-state index contributed by atoms with van der Waals surface area (Å²) >= 11 is 0. The van der Waals surface area contributed by atoms with Crippen molar-refractivity contribution in [2.24, 2.45) is 56.4 Å². The number of aromatic nitrogens is 13. The number of rotatable bonds is 8. The largest absolute Gasteiger partial charge is 0.454 e. The molecule has 0 saturated carbocycles. The molecule has 10 heterocycles. The van der Waals surface area contributed by atoms with E-state index in [0.717, 1.165) is 95.2 Å². The average Bonchev–Trinajstić information content (AvgIpc) is 1.56. The molecule has 18 aromatic rings. The van der Waals surface area contributed by atoms with E-state index in [9.17, 15) is 0 Å². The normalized spacial score (nSPS) is 11.3. The fourth-order valence-corrected chi connectivity index (χ4v) is 15.3. The molecule has 0 radical (unpaired) electrons. The van der Waals surface area contributed by atoms with E-state index in [2.05, 4.69) is 365 Å². The zero-order valence-corrected chi connectivity index (χ0v) is 63.0. The lowest BCUT2D eigenvalue weighted by Crippen LogP contribution is -2.30. The molecular formula is C92H87N13O+4. The first-order chi connectivity index (χ1) is 51.3. The van der Waals surface area contributed by atoms with Crippen LogP contribution in [0, 0.1) is 48.5 Å². The molecule has 0 amide bonds. The van der Waals surface area contributed by atoms with E-state index in [-0.39, 0.29) is 0 Å². The maximum absolute atomic E-state index is 6.28. The van der Waals surface area contributed by atoms with Gasteiger partial charge in [-0.25, -0.2) is 38.2 Å². The average molecular weight is 1390 g/mol. The van der Waals surface area contributed by atoms with E-state index in [1.165, 1.54) is 100 Å². The minimum absolute atomic E-state index is 0.791. The zero-order chi connectivity index (χ0) is 73.8. The second-order valence-electron chi connectivity index (χ2n) is 27.9. The predicted octanol–water partition coefficient (Wildman–Crippen LogP) is 18.4. The van der Waals surface area contributed by atoms with E-state index in [0.29, 0.717) is 0 Å². The first-order valence-electron chi connectivity index (χ1n) is 35.9. The molecule has 0 bridgehead atoms. The van der Waals surface area contributed by atoms with Crippen LogP contribution in [0.2, 0.25) is 0 Å². The molecule has 0 spiro atoms. The van der Waals surface area contributed by atoms with Crippen molar-refractivity contribution >= 4 is 66.1 Å². The highest BCUT2D eigenvalue weighted by Crippen LogP contribution is 2.43. The Morgan fingerprint density at radius 3 is 1.28 bits per heavy atom. The van der Waals surface area contributed by atoms with Crippen molar-refractivity contribution in [2.45, 2.75) is 48.5 Å². The number of furan rings is 1. The van der Waals surface area contributed by atoms with Crippen LogP contribution < -0.4 is 18.3 Å². The standard InChI is InChI=1S/C26H21N4O.3C22H22N3/c1-16-18(26-28-19-8-4-5-9-20(19)30(26)3)14-22-25(17-11-12-27-15-23(17)31-22)24(16)21-10-6-7-13-29(21)2;1-15-9-7-12-19-21(15)25(4)22(23-19)18-11-8-10-17(16(18)2)20-13-5-6-14-24(20)3;1-15-11-12-21-19(14-15)23-22(25(21)4)18-9-7-8-17(16(18)2)20-10-5-6-13-24(20)3;1-15-11-12-19-21(14-15)25(4)22(23-19)18-9-7-8-17(16(18)2)20-10-5-6-13-24(20)3/h4-15H,1-3H3;3*5-14H,1-4H3/q4*+1. The van der Waals surface area contributed by atoms with Crippen LogP contribution in [0.15, 0.2) is 260 Å². The number of benzene rings is 8. The molecule has 14 heteroatoms. The van der Waals surface area contributed by atoms with Gasteiger partial charge in [0.25, 0.3) is 0 Å². The molecule has 106 heavy (non-hydrogen) atoms.